The smallest absolute Gasteiger partial charge is 0.336 e. The number of allylic oxidation sites excluding steroid dienone is 1. The summed E-state index contributed by atoms with van der Waals surface area (Å²) in [5.74, 6) is -0.0495. The largest absolute Gasteiger partial charge is 0.497 e. The van der Waals surface area contributed by atoms with E-state index in [4.69, 9.17) is 9.15 Å². The Morgan fingerprint density at radius 1 is 1.00 bits per heavy atom. The van der Waals surface area contributed by atoms with Crippen molar-refractivity contribution in [2.45, 2.75) is 13.0 Å². The van der Waals surface area contributed by atoms with Gasteiger partial charge in [0.2, 0.25) is 0 Å². The molecular formula is C33H25N3O6S. The van der Waals surface area contributed by atoms with Gasteiger partial charge >= 0.3 is 5.97 Å². The van der Waals surface area contributed by atoms with Crippen LogP contribution in [0.4, 0.5) is 5.69 Å². The molecule has 1 aliphatic heterocycles. The van der Waals surface area contributed by atoms with Crippen molar-refractivity contribution >= 4 is 35.0 Å². The van der Waals surface area contributed by atoms with Crippen LogP contribution >= 0.6 is 11.3 Å². The van der Waals surface area contributed by atoms with Crippen molar-refractivity contribution in [1.82, 2.24) is 4.57 Å². The number of carboxylic acid groups (broad SMARTS) is 1. The van der Waals surface area contributed by atoms with Crippen LogP contribution in [0.25, 0.3) is 17.4 Å². The van der Waals surface area contributed by atoms with Crippen LogP contribution in [0.1, 0.15) is 34.6 Å². The first-order chi connectivity index (χ1) is 20.8. The minimum absolute atomic E-state index is 0.110. The normalized spacial score (nSPS) is 14.7. The lowest BCUT2D eigenvalue weighted by Gasteiger charge is -2.25. The lowest BCUT2D eigenvalue weighted by Crippen LogP contribution is -2.40. The van der Waals surface area contributed by atoms with Crippen LogP contribution in [-0.4, -0.2) is 28.7 Å². The van der Waals surface area contributed by atoms with Gasteiger partial charge in [-0.25, -0.2) is 9.79 Å². The molecule has 0 fully saturated rings. The number of para-hydroxylation sites is 1. The first kappa shape index (κ1) is 27.7. The Labute approximate surface area is 249 Å². The number of methoxy groups -OCH3 is 1. The average molecular weight is 592 g/mol. The van der Waals surface area contributed by atoms with Crippen LogP contribution in [0.2, 0.25) is 0 Å². The van der Waals surface area contributed by atoms with Gasteiger partial charge in [0.15, 0.2) is 4.80 Å². The van der Waals surface area contributed by atoms with E-state index in [2.05, 4.69) is 10.3 Å². The molecule has 0 saturated carbocycles. The van der Waals surface area contributed by atoms with Gasteiger partial charge < -0.3 is 19.6 Å². The van der Waals surface area contributed by atoms with Gasteiger partial charge in [0.05, 0.1) is 34.5 Å². The maximum absolute atomic E-state index is 14.0. The van der Waals surface area contributed by atoms with Crippen LogP contribution in [0.3, 0.4) is 0 Å². The fourth-order valence-electron chi connectivity index (χ4n) is 5.02. The maximum Gasteiger partial charge on any atom is 0.336 e. The van der Waals surface area contributed by atoms with E-state index in [-0.39, 0.29) is 17.0 Å². The second-order valence-corrected chi connectivity index (χ2v) is 10.7. The molecule has 43 heavy (non-hydrogen) atoms. The first-order valence-electron chi connectivity index (χ1n) is 13.3. The Balaban J connectivity index is 1.45. The van der Waals surface area contributed by atoms with Crippen molar-refractivity contribution in [1.29, 1.82) is 0 Å². The number of carbonyl (C=O) groups excluding carboxylic acids is 1. The molecule has 1 atom stereocenters. The molecule has 0 saturated heterocycles. The van der Waals surface area contributed by atoms with Gasteiger partial charge in [0.1, 0.15) is 17.3 Å². The highest BCUT2D eigenvalue weighted by molar-refractivity contribution is 7.07. The number of aromatic carboxylic acids is 1. The predicted octanol–water partition coefficient (Wildman–Crippen LogP) is 4.84. The summed E-state index contributed by atoms with van der Waals surface area (Å²) in [6, 6.07) is 25.5. The molecule has 1 aliphatic rings. The number of benzene rings is 3. The van der Waals surface area contributed by atoms with Crippen molar-refractivity contribution in [2.75, 3.05) is 12.4 Å². The Morgan fingerprint density at radius 3 is 2.44 bits per heavy atom. The van der Waals surface area contributed by atoms with Crippen molar-refractivity contribution in [3.05, 3.63) is 139 Å². The van der Waals surface area contributed by atoms with Crippen LogP contribution in [0.15, 0.2) is 116 Å². The van der Waals surface area contributed by atoms with Gasteiger partial charge in [-0.05, 0) is 55.0 Å². The van der Waals surface area contributed by atoms with Crippen molar-refractivity contribution in [2.24, 2.45) is 4.99 Å². The summed E-state index contributed by atoms with van der Waals surface area (Å²) in [6.45, 7) is 1.76. The van der Waals surface area contributed by atoms with Gasteiger partial charge in [-0.2, -0.15) is 0 Å². The van der Waals surface area contributed by atoms with Crippen LogP contribution < -0.4 is 24.9 Å². The highest BCUT2D eigenvalue weighted by atomic mass is 32.1. The lowest BCUT2D eigenvalue weighted by atomic mass is 9.95. The molecule has 0 bridgehead atoms. The van der Waals surface area contributed by atoms with E-state index in [1.165, 1.54) is 22.0 Å². The third-order valence-corrected chi connectivity index (χ3v) is 8.04. The Bertz CT molecular complexity index is 2070. The van der Waals surface area contributed by atoms with E-state index in [0.29, 0.717) is 54.7 Å². The third kappa shape index (κ3) is 5.31. The molecule has 0 radical (unpaired) electrons. The Kier molecular flexibility index (Phi) is 7.35. The molecule has 0 aliphatic carbocycles. The number of carboxylic acids is 1. The van der Waals surface area contributed by atoms with E-state index < -0.39 is 12.0 Å². The van der Waals surface area contributed by atoms with E-state index in [1.807, 2.05) is 30.3 Å². The number of carbonyl (C=O) groups is 2. The monoisotopic (exact) mass is 591 g/mol. The quantitative estimate of drug-likeness (QED) is 0.279. The molecule has 0 spiro atoms. The highest BCUT2D eigenvalue weighted by Crippen LogP contribution is 2.32. The zero-order valence-corrected chi connectivity index (χ0v) is 23.9. The number of furan rings is 1. The summed E-state index contributed by atoms with van der Waals surface area (Å²) >= 11 is 1.18. The maximum atomic E-state index is 14.0. The summed E-state index contributed by atoms with van der Waals surface area (Å²) in [6.07, 6.45) is 1.60. The first-order valence-corrected chi connectivity index (χ1v) is 14.1. The predicted molar refractivity (Wildman–Crippen MR) is 163 cm³/mol. The molecule has 214 valence electrons. The van der Waals surface area contributed by atoms with Gasteiger partial charge in [0.25, 0.3) is 11.5 Å². The third-order valence-electron chi connectivity index (χ3n) is 7.05. The van der Waals surface area contributed by atoms with Crippen LogP contribution in [-0.2, 0) is 4.79 Å². The van der Waals surface area contributed by atoms with Gasteiger partial charge in [-0.1, -0.05) is 59.9 Å². The lowest BCUT2D eigenvalue weighted by molar-refractivity contribution is -0.113. The van der Waals surface area contributed by atoms with Crippen molar-refractivity contribution < 1.29 is 23.8 Å². The number of aromatic nitrogens is 1. The number of rotatable bonds is 7. The average Bonchev–Trinajstić information content (AvgIpc) is 3.61. The van der Waals surface area contributed by atoms with Gasteiger partial charge in [0, 0.05) is 17.3 Å². The van der Waals surface area contributed by atoms with E-state index in [9.17, 15) is 19.5 Å². The molecular weight excluding hydrogens is 566 g/mol. The zero-order valence-electron chi connectivity index (χ0n) is 23.1. The number of ether oxygens (including phenoxy) is 1. The molecule has 10 heteroatoms. The van der Waals surface area contributed by atoms with Crippen molar-refractivity contribution in [3.8, 4) is 17.1 Å². The Morgan fingerprint density at radius 2 is 1.72 bits per heavy atom. The number of amides is 1. The van der Waals surface area contributed by atoms with Gasteiger partial charge in [-0.3, -0.25) is 14.2 Å². The van der Waals surface area contributed by atoms with Crippen LogP contribution in [0.5, 0.6) is 5.75 Å². The van der Waals surface area contributed by atoms with Crippen molar-refractivity contribution in [3.63, 3.8) is 0 Å². The second kappa shape index (κ2) is 11.4. The fourth-order valence-corrected chi connectivity index (χ4v) is 6.05. The standard InChI is InChI=1S/C33H25N3O6S/c1-19-28(30(37)35-21-8-4-3-5-9-21)29(20-12-14-22(41-2)15-13-20)36-31(38)27(43-33(36)34-19)18-23-16-17-26(42-23)24-10-6-7-11-25(24)32(39)40/h3-18,29H,1-2H3,(H,35,37)(H,39,40)/b27-18+/t29-/m1/s1. The van der Waals surface area contributed by atoms with Gasteiger partial charge in [-0.15, -0.1) is 0 Å². The summed E-state index contributed by atoms with van der Waals surface area (Å²) in [5.41, 5.74) is 2.37. The minimum Gasteiger partial charge on any atom is -0.497 e. The molecule has 9 nitrogen and oxygen atoms in total. The summed E-state index contributed by atoms with van der Waals surface area (Å²) in [7, 11) is 1.57. The number of anilines is 1. The molecule has 2 aromatic heterocycles. The van der Waals surface area contributed by atoms with E-state index in [1.54, 1.807) is 74.7 Å². The van der Waals surface area contributed by atoms with Crippen LogP contribution in [0, 0.1) is 0 Å². The molecule has 6 rings (SSSR count). The van der Waals surface area contributed by atoms with E-state index >= 15 is 0 Å². The number of hydrogen-bond donors (Lipinski definition) is 2. The number of thiazole rings is 1. The molecule has 0 unspecified atom stereocenters. The number of nitrogens with zero attached hydrogens (tertiary/aromatic N) is 2. The number of fused-ring (bicyclic) bond motifs is 1. The fraction of sp³-hybridized carbons (Fsp3) is 0.0909. The van der Waals surface area contributed by atoms with E-state index in [0.717, 1.165) is 0 Å². The molecule has 3 heterocycles. The molecule has 3 aromatic carbocycles. The summed E-state index contributed by atoms with van der Waals surface area (Å²) in [4.78, 5) is 44.4. The second-order valence-electron chi connectivity index (χ2n) is 9.73. The zero-order chi connectivity index (χ0) is 30.1. The topological polar surface area (TPSA) is 123 Å². The SMILES string of the molecule is COc1ccc([C@@H]2C(C(=O)Nc3ccccc3)=C(C)N=c3s/c(=C/c4ccc(-c5ccccc5C(=O)O)o4)c(=O)n32)cc1. The number of hydrogen-bond acceptors (Lipinski definition) is 7. The molecule has 5 aromatic rings. The summed E-state index contributed by atoms with van der Waals surface area (Å²) < 4.78 is 13.2. The highest BCUT2D eigenvalue weighted by Gasteiger charge is 2.32. The molecule has 1 amide bonds. The minimum atomic E-state index is -1.07. The Hall–Kier alpha value is -5.48. The summed E-state index contributed by atoms with van der Waals surface area (Å²) in [5, 5.41) is 12.5. The number of nitrogens with one attached hydrogen (secondary N) is 1. The molecule has 2 N–H and O–H groups in total.